The summed E-state index contributed by atoms with van der Waals surface area (Å²) in [4.78, 5) is 46.6. The molecule has 0 aromatic heterocycles. The zero-order valence-corrected chi connectivity index (χ0v) is 17.2. The number of hydrogen-bond donors (Lipinski definition) is 6. The molecule has 0 saturated carbocycles. The van der Waals surface area contributed by atoms with Gasteiger partial charge in [0.2, 0.25) is 11.8 Å². The summed E-state index contributed by atoms with van der Waals surface area (Å²) in [6, 6.07) is 0. The SMILES string of the molecule is CC(C)(CO)[C@@H](O)C(=O)NCCC(=O)OC(=O)CCNC(=O)[C@H](O)C(C)(C)CO.[NaH].[NaH]. The van der Waals surface area contributed by atoms with Crippen molar-refractivity contribution in [1.82, 2.24) is 10.6 Å². The molecular weight excluding hydrogens is 434 g/mol. The average Bonchev–Trinajstić information content (AvgIpc) is 2.66. The third kappa shape index (κ3) is 13.3. The van der Waals surface area contributed by atoms with Crippen LogP contribution >= 0.6 is 0 Å². The summed E-state index contributed by atoms with van der Waals surface area (Å²) < 4.78 is 4.53. The van der Waals surface area contributed by atoms with E-state index in [0.29, 0.717) is 0 Å². The molecule has 0 aliphatic rings. The van der Waals surface area contributed by atoms with Crippen molar-refractivity contribution < 1.29 is 44.3 Å². The van der Waals surface area contributed by atoms with Crippen molar-refractivity contribution >= 4 is 82.9 Å². The predicted octanol–water partition coefficient (Wildman–Crippen LogP) is -3.47. The zero-order valence-electron chi connectivity index (χ0n) is 17.2. The number of amides is 2. The van der Waals surface area contributed by atoms with Crippen molar-refractivity contribution in [2.45, 2.75) is 52.7 Å². The van der Waals surface area contributed by atoms with Gasteiger partial charge >= 0.3 is 71.1 Å². The van der Waals surface area contributed by atoms with E-state index in [1.165, 1.54) is 27.7 Å². The number of rotatable bonds is 12. The number of aliphatic hydroxyl groups excluding tert-OH is 4. The van der Waals surface area contributed by atoms with E-state index >= 15 is 0 Å². The van der Waals surface area contributed by atoms with Gasteiger partial charge in [-0.05, 0) is 0 Å². The average molecular weight is 468 g/mol. The van der Waals surface area contributed by atoms with Crippen LogP contribution < -0.4 is 10.6 Å². The molecule has 2 amide bonds. The van der Waals surface area contributed by atoms with Gasteiger partial charge in [-0.3, -0.25) is 19.2 Å². The van der Waals surface area contributed by atoms with Crippen molar-refractivity contribution in [2.75, 3.05) is 26.3 Å². The van der Waals surface area contributed by atoms with Crippen molar-refractivity contribution in [2.24, 2.45) is 10.8 Å². The standard InChI is InChI=1S/C18H32N2O9.2Na.2H/c1-17(2,9-21)13(25)15(27)19-7-5-11(23)29-12(24)6-8-20-16(28)14(26)18(3,4)10-22;;;;/h13-14,21-22,25-26H,5-10H2,1-4H3,(H,19,27)(H,20,28);;;;/t13-,14-;;;;/m0..../s1. The van der Waals surface area contributed by atoms with Crippen molar-refractivity contribution in [3.63, 3.8) is 0 Å². The molecule has 0 saturated heterocycles. The van der Waals surface area contributed by atoms with E-state index in [2.05, 4.69) is 15.4 Å². The Morgan fingerprint density at radius 2 is 1.03 bits per heavy atom. The van der Waals surface area contributed by atoms with Gasteiger partial charge in [0.15, 0.2) is 0 Å². The molecule has 0 bridgehead atoms. The zero-order chi connectivity index (χ0) is 22.8. The number of carbonyl (C=O) groups is 4. The Hall–Kier alpha value is -0.0800. The first-order valence-corrected chi connectivity index (χ1v) is 9.15. The second kappa shape index (κ2) is 16.5. The van der Waals surface area contributed by atoms with Crippen LogP contribution in [0, 0.1) is 10.8 Å². The molecule has 172 valence electrons. The number of carbonyl (C=O) groups excluding carboxylic acids is 4. The molecule has 2 atom stereocenters. The number of esters is 2. The Morgan fingerprint density at radius 1 is 0.742 bits per heavy atom. The first kappa shape index (κ1) is 35.5. The van der Waals surface area contributed by atoms with Crippen molar-refractivity contribution in [3.8, 4) is 0 Å². The first-order chi connectivity index (χ1) is 13.3. The second-order valence-corrected chi connectivity index (χ2v) is 8.03. The molecule has 0 fully saturated rings. The van der Waals surface area contributed by atoms with E-state index < -0.39 is 60.0 Å². The van der Waals surface area contributed by atoms with Crippen LogP contribution in [0.1, 0.15) is 40.5 Å². The molecule has 31 heavy (non-hydrogen) atoms. The van der Waals surface area contributed by atoms with Gasteiger partial charge in [0, 0.05) is 23.9 Å². The van der Waals surface area contributed by atoms with Crippen LogP contribution in [0.5, 0.6) is 0 Å². The molecule has 0 aromatic carbocycles. The van der Waals surface area contributed by atoms with Crippen LogP contribution in [0.4, 0.5) is 0 Å². The summed E-state index contributed by atoms with van der Waals surface area (Å²) >= 11 is 0. The van der Waals surface area contributed by atoms with Crippen molar-refractivity contribution in [3.05, 3.63) is 0 Å². The summed E-state index contributed by atoms with van der Waals surface area (Å²) in [5, 5.41) is 42.4. The number of hydrogen-bond acceptors (Lipinski definition) is 9. The van der Waals surface area contributed by atoms with Gasteiger partial charge in [-0.2, -0.15) is 0 Å². The fourth-order valence-corrected chi connectivity index (χ4v) is 1.88. The third-order valence-corrected chi connectivity index (χ3v) is 4.28. The van der Waals surface area contributed by atoms with Crippen LogP contribution in [-0.2, 0) is 23.9 Å². The Balaban J connectivity index is -0.00000392. The maximum atomic E-state index is 11.7. The molecule has 0 unspecified atom stereocenters. The molecule has 13 heteroatoms. The van der Waals surface area contributed by atoms with E-state index in [1.54, 1.807) is 0 Å². The van der Waals surface area contributed by atoms with Crippen molar-refractivity contribution in [1.29, 1.82) is 0 Å². The summed E-state index contributed by atoms with van der Waals surface area (Å²) in [5.74, 6) is -3.34. The molecular formula is C18H34N2Na2O9. The fraction of sp³-hybridized carbons (Fsp3) is 0.778. The summed E-state index contributed by atoms with van der Waals surface area (Å²) in [6.07, 6.45) is -3.58. The van der Waals surface area contributed by atoms with Gasteiger partial charge in [-0.1, -0.05) is 27.7 Å². The topological polar surface area (TPSA) is 182 Å². The minimum absolute atomic E-state index is 0. The molecule has 0 rings (SSSR count). The molecule has 0 aromatic rings. The molecule has 11 nitrogen and oxygen atoms in total. The number of ether oxygens (including phenoxy) is 1. The van der Waals surface area contributed by atoms with E-state index in [9.17, 15) is 29.4 Å². The van der Waals surface area contributed by atoms with Gasteiger partial charge in [0.25, 0.3) is 0 Å². The minimum atomic E-state index is -1.47. The Morgan fingerprint density at radius 3 is 1.29 bits per heavy atom. The summed E-state index contributed by atoms with van der Waals surface area (Å²) in [7, 11) is 0. The quantitative estimate of drug-likeness (QED) is 0.0963. The fourth-order valence-electron chi connectivity index (χ4n) is 1.88. The monoisotopic (exact) mass is 468 g/mol. The van der Waals surface area contributed by atoms with Crippen LogP contribution in [-0.4, -0.2) is 142 Å². The Bertz CT molecular complexity index is 551. The van der Waals surface area contributed by atoms with Crippen LogP contribution in [0.15, 0.2) is 0 Å². The van der Waals surface area contributed by atoms with Gasteiger partial charge in [0.05, 0.1) is 26.1 Å². The molecule has 0 heterocycles. The first-order valence-electron chi connectivity index (χ1n) is 9.15. The normalized spacial score (nSPS) is 13.0. The molecule has 6 N–H and O–H groups in total. The molecule has 0 aliphatic carbocycles. The Labute approximate surface area is 226 Å². The Kier molecular flexibility index (Phi) is 18.9. The summed E-state index contributed by atoms with van der Waals surface area (Å²) in [5.41, 5.74) is -2.10. The van der Waals surface area contributed by atoms with Gasteiger partial charge in [-0.25, -0.2) is 0 Å². The van der Waals surface area contributed by atoms with Crippen LogP contribution in [0.3, 0.4) is 0 Å². The second-order valence-electron chi connectivity index (χ2n) is 8.03. The van der Waals surface area contributed by atoms with Gasteiger partial charge in [0.1, 0.15) is 12.2 Å². The van der Waals surface area contributed by atoms with Crippen LogP contribution in [0.2, 0.25) is 0 Å². The van der Waals surface area contributed by atoms with E-state index in [0.717, 1.165) is 0 Å². The van der Waals surface area contributed by atoms with E-state index in [1.807, 2.05) is 0 Å². The summed E-state index contributed by atoms with van der Waals surface area (Å²) in [6.45, 7) is 4.79. The van der Waals surface area contributed by atoms with E-state index in [4.69, 9.17) is 10.2 Å². The van der Waals surface area contributed by atoms with Gasteiger partial charge < -0.3 is 35.8 Å². The molecule has 0 radical (unpaired) electrons. The number of nitrogens with one attached hydrogen (secondary N) is 2. The maximum absolute atomic E-state index is 11.7. The van der Waals surface area contributed by atoms with Crippen LogP contribution in [0.25, 0.3) is 0 Å². The third-order valence-electron chi connectivity index (χ3n) is 4.28. The molecule has 0 aliphatic heterocycles. The van der Waals surface area contributed by atoms with Gasteiger partial charge in [-0.15, -0.1) is 0 Å². The van der Waals surface area contributed by atoms with E-state index in [-0.39, 0.29) is 85.0 Å². The molecule has 0 spiro atoms. The predicted molar refractivity (Wildman–Crippen MR) is 114 cm³/mol. The number of aliphatic hydroxyl groups is 4.